The zero-order chi connectivity index (χ0) is 13.7. The van der Waals surface area contributed by atoms with Gasteiger partial charge in [0.25, 0.3) is 0 Å². The lowest BCUT2D eigenvalue weighted by atomic mass is 10.2. The van der Waals surface area contributed by atoms with E-state index < -0.39 is 0 Å². The molecule has 1 heterocycles. The Morgan fingerprint density at radius 1 is 1.21 bits per heavy atom. The van der Waals surface area contributed by atoms with Gasteiger partial charge in [0.1, 0.15) is 0 Å². The van der Waals surface area contributed by atoms with Gasteiger partial charge in [-0.15, -0.1) is 0 Å². The lowest BCUT2D eigenvalue weighted by molar-refractivity contribution is 0.793. The minimum Gasteiger partial charge on any atom is -0.324 e. The molecule has 19 heavy (non-hydrogen) atoms. The van der Waals surface area contributed by atoms with Crippen LogP contribution in [0.2, 0.25) is 5.28 Å². The summed E-state index contributed by atoms with van der Waals surface area (Å²) in [5.74, 6) is 0.745. The van der Waals surface area contributed by atoms with Crippen molar-refractivity contribution in [2.45, 2.75) is 13.5 Å². The number of aromatic nitrogens is 3. The third-order valence-corrected chi connectivity index (χ3v) is 2.46. The Bertz CT molecular complexity index is 605. The molecular formula is C12H11ClN6. The van der Waals surface area contributed by atoms with Crippen molar-refractivity contribution in [1.29, 1.82) is 5.26 Å². The number of benzene rings is 1. The van der Waals surface area contributed by atoms with Crippen molar-refractivity contribution in [2.75, 3.05) is 5.32 Å². The van der Waals surface area contributed by atoms with Crippen LogP contribution in [0, 0.1) is 18.4 Å². The molecule has 0 aliphatic carbocycles. The lowest BCUT2D eigenvalue weighted by Gasteiger charge is -2.06. The smallest absolute Gasteiger partial charge is 0.231 e. The standard InChI is InChI=1S/C12H11ClN6/c1-8-2-4-9(5-3-8)16-12-18-10(6-15-7-14)17-11(13)19-12/h2-5,15H,6H2,1H3,(H,16,17,18,19). The van der Waals surface area contributed by atoms with Gasteiger partial charge in [0, 0.05) is 5.69 Å². The first-order chi connectivity index (χ1) is 9.17. The van der Waals surface area contributed by atoms with Gasteiger partial charge >= 0.3 is 0 Å². The van der Waals surface area contributed by atoms with Gasteiger partial charge in [0.05, 0.1) is 6.54 Å². The minimum atomic E-state index is 0.0827. The number of anilines is 2. The highest BCUT2D eigenvalue weighted by Crippen LogP contribution is 2.14. The van der Waals surface area contributed by atoms with Gasteiger partial charge in [0.15, 0.2) is 12.0 Å². The van der Waals surface area contributed by atoms with Crippen LogP contribution < -0.4 is 10.6 Å². The summed E-state index contributed by atoms with van der Waals surface area (Å²) < 4.78 is 0. The predicted octanol–water partition coefficient (Wildman–Crippen LogP) is 2.15. The fourth-order valence-corrected chi connectivity index (χ4v) is 1.59. The molecule has 96 valence electrons. The Kier molecular flexibility index (Phi) is 4.11. The normalized spacial score (nSPS) is 9.74. The number of hydrogen-bond donors (Lipinski definition) is 2. The first-order valence-corrected chi connectivity index (χ1v) is 5.91. The van der Waals surface area contributed by atoms with E-state index in [0.717, 1.165) is 11.3 Å². The summed E-state index contributed by atoms with van der Waals surface area (Å²) in [4.78, 5) is 12.1. The third-order valence-electron chi connectivity index (χ3n) is 2.29. The molecule has 1 aromatic heterocycles. The van der Waals surface area contributed by atoms with Crippen LogP contribution in [0.15, 0.2) is 24.3 Å². The van der Waals surface area contributed by atoms with E-state index in [9.17, 15) is 0 Å². The van der Waals surface area contributed by atoms with Crippen LogP contribution in [-0.2, 0) is 6.54 Å². The van der Waals surface area contributed by atoms with Gasteiger partial charge in [-0.05, 0) is 30.7 Å². The van der Waals surface area contributed by atoms with Crippen molar-refractivity contribution in [3.63, 3.8) is 0 Å². The second-order valence-corrected chi connectivity index (χ2v) is 4.14. The van der Waals surface area contributed by atoms with E-state index in [0.29, 0.717) is 11.8 Å². The van der Waals surface area contributed by atoms with E-state index in [1.54, 1.807) is 6.19 Å². The molecule has 0 spiro atoms. The summed E-state index contributed by atoms with van der Waals surface area (Å²) in [6, 6.07) is 7.78. The van der Waals surface area contributed by atoms with Gasteiger partial charge in [-0.1, -0.05) is 17.7 Å². The number of nitrogens with zero attached hydrogens (tertiary/aromatic N) is 4. The molecule has 0 radical (unpaired) electrons. The molecule has 1 aromatic carbocycles. The molecule has 0 bridgehead atoms. The Hall–Kier alpha value is -2.39. The Balaban J connectivity index is 2.17. The van der Waals surface area contributed by atoms with Gasteiger partial charge < -0.3 is 10.6 Å². The Morgan fingerprint density at radius 3 is 2.63 bits per heavy atom. The molecule has 7 heteroatoms. The van der Waals surface area contributed by atoms with E-state index in [1.807, 2.05) is 31.2 Å². The molecule has 0 saturated heterocycles. The zero-order valence-electron chi connectivity index (χ0n) is 10.2. The van der Waals surface area contributed by atoms with Crippen LogP contribution in [0.3, 0.4) is 0 Å². The first kappa shape index (κ1) is 13.1. The number of rotatable bonds is 4. The molecule has 2 N–H and O–H groups in total. The highest BCUT2D eigenvalue weighted by molar-refractivity contribution is 6.28. The number of nitrogens with one attached hydrogen (secondary N) is 2. The number of hydrogen-bond acceptors (Lipinski definition) is 6. The van der Waals surface area contributed by atoms with Crippen LogP contribution in [-0.4, -0.2) is 15.0 Å². The van der Waals surface area contributed by atoms with E-state index in [4.69, 9.17) is 16.9 Å². The molecule has 6 nitrogen and oxygen atoms in total. The second-order valence-electron chi connectivity index (χ2n) is 3.80. The van der Waals surface area contributed by atoms with E-state index >= 15 is 0 Å². The van der Waals surface area contributed by atoms with E-state index in [1.165, 1.54) is 0 Å². The molecule has 0 fully saturated rings. The van der Waals surface area contributed by atoms with Crippen molar-refractivity contribution in [3.05, 3.63) is 40.9 Å². The average molecular weight is 275 g/mol. The maximum Gasteiger partial charge on any atom is 0.231 e. The lowest BCUT2D eigenvalue weighted by Crippen LogP contribution is -2.11. The predicted molar refractivity (Wildman–Crippen MR) is 71.8 cm³/mol. The molecular weight excluding hydrogens is 264 g/mol. The van der Waals surface area contributed by atoms with Crippen LogP contribution >= 0.6 is 11.6 Å². The summed E-state index contributed by atoms with van der Waals surface area (Å²) in [6.45, 7) is 2.22. The molecule has 0 saturated carbocycles. The summed E-state index contributed by atoms with van der Waals surface area (Å²) in [5, 5.41) is 14.0. The number of aryl methyl sites for hydroxylation is 1. The molecule has 0 amide bonds. The van der Waals surface area contributed by atoms with Crippen molar-refractivity contribution < 1.29 is 0 Å². The maximum atomic E-state index is 8.45. The fraction of sp³-hybridized carbons (Fsp3) is 0.167. The second kappa shape index (κ2) is 5.98. The monoisotopic (exact) mass is 274 g/mol. The van der Waals surface area contributed by atoms with Crippen LogP contribution in [0.25, 0.3) is 0 Å². The van der Waals surface area contributed by atoms with E-state index in [2.05, 4.69) is 25.6 Å². The largest absolute Gasteiger partial charge is 0.324 e. The fourth-order valence-electron chi connectivity index (χ4n) is 1.41. The topological polar surface area (TPSA) is 86.5 Å². The highest BCUT2D eigenvalue weighted by Gasteiger charge is 2.05. The van der Waals surface area contributed by atoms with Gasteiger partial charge in [-0.25, -0.2) is 4.98 Å². The third kappa shape index (κ3) is 3.79. The van der Waals surface area contributed by atoms with Crippen LogP contribution in [0.1, 0.15) is 11.4 Å². The van der Waals surface area contributed by atoms with Crippen molar-refractivity contribution in [2.24, 2.45) is 0 Å². The van der Waals surface area contributed by atoms with Crippen molar-refractivity contribution >= 4 is 23.2 Å². The van der Waals surface area contributed by atoms with Gasteiger partial charge in [-0.3, -0.25) is 0 Å². The first-order valence-electron chi connectivity index (χ1n) is 5.53. The summed E-state index contributed by atoms with van der Waals surface area (Å²) >= 11 is 5.81. The summed E-state index contributed by atoms with van der Waals surface area (Å²) in [6.07, 6.45) is 1.80. The molecule has 0 atom stereocenters. The van der Waals surface area contributed by atoms with Crippen LogP contribution in [0.4, 0.5) is 11.6 Å². The molecule has 0 aliphatic heterocycles. The minimum absolute atomic E-state index is 0.0827. The zero-order valence-corrected chi connectivity index (χ0v) is 10.9. The SMILES string of the molecule is Cc1ccc(Nc2nc(Cl)nc(CNC#N)n2)cc1. The molecule has 0 unspecified atom stereocenters. The Labute approximate surface area is 115 Å². The van der Waals surface area contributed by atoms with Gasteiger partial charge in [0.2, 0.25) is 11.2 Å². The number of halogens is 1. The quantitative estimate of drug-likeness (QED) is 0.656. The number of nitriles is 1. The van der Waals surface area contributed by atoms with Crippen molar-refractivity contribution in [3.8, 4) is 6.19 Å². The Morgan fingerprint density at radius 2 is 1.95 bits per heavy atom. The van der Waals surface area contributed by atoms with Crippen molar-refractivity contribution in [1.82, 2.24) is 20.3 Å². The average Bonchev–Trinajstić information content (AvgIpc) is 2.38. The summed E-state index contributed by atoms with van der Waals surface area (Å²) in [7, 11) is 0. The molecule has 2 rings (SSSR count). The highest BCUT2D eigenvalue weighted by atomic mass is 35.5. The van der Waals surface area contributed by atoms with E-state index in [-0.39, 0.29) is 11.8 Å². The summed E-state index contributed by atoms with van der Waals surface area (Å²) in [5.41, 5.74) is 2.02. The van der Waals surface area contributed by atoms with Crippen LogP contribution in [0.5, 0.6) is 0 Å². The van der Waals surface area contributed by atoms with Gasteiger partial charge in [-0.2, -0.15) is 15.2 Å². The molecule has 2 aromatic rings. The maximum absolute atomic E-state index is 8.45. The molecule has 0 aliphatic rings.